The van der Waals surface area contributed by atoms with Crippen LogP contribution in [0.3, 0.4) is 0 Å². The predicted octanol–water partition coefficient (Wildman–Crippen LogP) is 3.53. The van der Waals surface area contributed by atoms with Crippen molar-refractivity contribution in [3.8, 4) is 11.3 Å². The first-order valence-corrected chi connectivity index (χ1v) is 11.6. The number of rotatable bonds is 5. The van der Waals surface area contributed by atoms with E-state index in [9.17, 15) is 8.42 Å². The lowest BCUT2D eigenvalue weighted by Crippen LogP contribution is -2.39. The van der Waals surface area contributed by atoms with Crippen molar-refractivity contribution in [3.63, 3.8) is 0 Å². The summed E-state index contributed by atoms with van der Waals surface area (Å²) in [6.07, 6.45) is 7.38. The van der Waals surface area contributed by atoms with E-state index in [1.54, 1.807) is 34.8 Å². The Morgan fingerprint density at radius 1 is 1.03 bits per heavy atom. The van der Waals surface area contributed by atoms with E-state index in [-0.39, 0.29) is 0 Å². The van der Waals surface area contributed by atoms with Crippen LogP contribution < -0.4 is 0 Å². The van der Waals surface area contributed by atoms with Crippen LogP contribution in [-0.4, -0.2) is 45.6 Å². The van der Waals surface area contributed by atoms with Gasteiger partial charge in [0.1, 0.15) is 0 Å². The van der Waals surface area contributed by atoms with Crippen molar-refractivity contribution in [2.24, 2.45) is 5.92 Å². The lowest BCUT2D eigenvalue weighted by Gasteiger charge is -2.31. The quantitative estimate of drug-likeness (QED) is 0.534. The molecule has 1 N–H and O–H groups in total. The molecule has 7 nitrogen and oxygen atoms in total. The van der Waals surface area contributed by atoms with Crippen molar-refractivity contribution in [1.82, 2.24) is 24.1 Å². The van der Waals surface area contributed by atoms with Crippen LogP contribution in [0.15, 0.2) is 72.0 Å². The maximum atomic E-state index is 12.8. The number of H-pyrrole nitrogens is 1. The maximum absolute atomic E-state index is 12.8. The highest BCUT2D eigenvalue weighted by Gasteiger charge is 2.29. The van der Waals surface area contributed by atoms with Crippen LogP contribution in [0.5, 0.6) is 0 Å². The van der Waals surface area contributed by atoms with E-state index in [2.05, 4.69) is 27.0 Å². The Morgan fingerprint density at radius 2 is 1.83 bits per heavy atom. The zero-order valence-corrected chi connectivity index (χ0v) is 17.3. The van der Waals surface area contributed by atoms with Gasteiger partial charge in [-0.1, -0.05) is 18.2 Å². The molecule has 0 amide bonds. The lowest BCUT2D eigenvalue weighted by atomic mass is 9.98. The third-order valence-corrected chi connectivity index (χ3v) is 7.74. The molecule has 154 valence electrons. The van der Waals surface area contributed by atoms with E-state index in [1.807, 2.05) is 24.4 Å². The minimum absolute atomic E-state index is 0.374. The van der Waals surface area contributed by atoms with Crippen molar-refractivity contribution < 1.29 is 8.42 Å². The van der Waals surface area contributed by atoms with Crippen LogP contribution >= 0.6 is 0 Å². The van der Waals surface area contributed by atoms with Gasteiger partial charge in [-0.25, -0.2) is 13.4 Å². The Morgan fingerprint density at radius 3 is 2.57 bits per heavy atom. The van der Waals surface area contributed by atoms with Gasteiger partial charge in [0.2, 0.25) is 10.0 Å². The number of nitrogens with one attached hydrogen (secondary N) is 1. The fourth-order valence-electron chi connectivity index (χ4n) is 4.14. The molecule has 1 aromatic carbocycles. The van der Waals surface area contributed by atoms with E-state index in [0.29, 0.717) is 23.9 Å². The fourth-order valence-corrected chi connectivity index (χ4v) is 5.63. The summed E-state index contributed by atoms with van der Waals surface area (Å²) in [5.74, 6) is 0.441. The number of fused-ring (bicyclic) bond motifs is 1. The van der Waals surface area contributed by atoms with Gasteiger partial charge in [-0.15, -0.1) is 0 Å². The summed E-state index contributed by atoms with van der Waals surface area (Å²) < 4.78 is 29.5. The summed E-state index contributed by atoms with van der Waals surface area (Å²) in [5.41, 5.74) is 3.92. The average Bonchev–Trinajstić information content (AvgIpc) is 3.45. The van der Waals surface area contributed by atoms with Crippen molar-refractivity contribution in [3.05, 3.63) is 67.1 Å². The largest absolute Gasteiger partial charge is 0.346 e. The standard InChI is InChI=1S/C22H23N5O2S/c28-30(29,19-4-2-1-3-5-19)27-12-8-17(9-13-27)16-26-11-10-21-22(26)7-6-20(25-21)18-14-23-24-15-18/h1-7,10-11,14-15,17H,8-9,12-13,16H2,(H,23,24). The molecule has 4 heterocycles. The number of benzene rings is 1. The first-order valence-electron chi connectivity index (χ1n) is 10.1. The molecule has 1 aliphatic heterocycles. The summed E-state index contributed by atoms with van der Waals surface area (Å²) in [5, 5.41) is 6.81. The molecule has 0 saturated carbocycles. The second kappa shape index (κ2) is 7.70. The van der Waals surface area contributed by atoms with Gasteiger partial charge in [0.15, 0.2) is 0 Å². The Hall–Kier alpha value is -2.97. The number of hydrogen-bond acceptors (Lipinski definition) is 4. The number of aromatic amines is 1. The SMILES string of the molecule is O=S(=O)(c1ccccc1)N1CCC(Cn2ccc3nc(-c4cn[nH]c4)ccc32)CC1. The van der Waals surface area contributed by atoms with Gasteiger partial charge in [-0.05, 0) is 49.1 Å². The highest BCUT2D eigenvalue weighted by atomic mass is 32.2. The Balaban J connectivity index is 1.27. The van der Waals surface area contributed by atoms with Crippen LogP contribution in [-0.2, 0) is 16.6 Å². The lowest BCUT2D eigenvalue weighted by molar-refractivity contribution is 0.254. The molecule has 0 spiro atoms. The van der Waals surface area contributed by atoms with E-state index in [0.717, 1.165) is 41.7 Å². The van der Waals surface area contributed by atoms with Crippen molar-refractivity contribution in [2.45, 2.75) is 24.3 Å². The molecule has 4 aromatic rings. The zero-order chi connectivity index (χ0) is 20.6. The van der Waals surface area contributed by atoms with Gasteiger partial charge in [-0.3, -0.25) is 5.10 Å². The molecule has 0 aliphatic carbocycles. The second-order valence-electron chi connectivity index (χ2n) is 7.72. The number of pyridine rings is 1. The van der Waals surface area contributed by atoms with E-state index < -0.39 is 10.0 Å². The molecule has 0 unspecified atom stereocenters. The third-order valence-electron chi connectivity index (χ3n) is 5.83. The van der Waals surface area contributed by atoms with E-state index >= 15 is 0 Å². The summed E-state index contributed by atoms with van der Waals surface area (Å²) in [6, 6.07) is 14.8. The molecule has 1 fully saturated rings. The zero-order valence-electron chi connectivity index (χ0n) is 16.5. The Kier molecular flexibility index (Phi) is 4.88. The molecule has 30 heavy (non-hydrogen) atoms. The summed E-state index contributed by atoms with van der Waals surface area (Å²) in [6.45, 7) is 1.99. The molecular weight excluding hydrogens is 398 g/mol. The van der Waals surface area contributed by atoms with Gasteiger partial charge < -0.3 is 4.57 Å². The molecule has 1 aliphatic rings. The molecule has 5 rings (SSSR count). The number of sulfonamides is 1. The van der Waals surface area contributed by atoms with Gasteiger partial charge >= 0.3 is 0 Å². The smallest absolute Gasteiger partial charge is 0.243 e. The number of nitrogens with zero attached hydrogens (tertiary/aromatic N) is 4. The average molecular weight is 422 g/mol. The molecule has 0 radical (unpaired) electrons. The first kappa shape index (κ1) is 19.0. The summed E-state index contributed by atoms with van der Waals surface area (Å²) in [7, 11) is -3.40. The molecule has 0 atom stereocenters. The second-order valence-corrected chi connectivity index (χ2v) is 9.65. The molecule has 8 heteroatoms. The highest BCUT2D eigenvalue weighted by molar-refractivity contribution is 7.89. The third kappa shape index (κ3) is 3.53. The Labute approximate surface area is 175 Å². The minimum atomic E-state index is -3.40. The highest BCUT2D eigenvalue weighted by Crippen LogP contribution is 2.27. The summed E-state index contributed by atoms with van der Waals surface area (Å²) in [4.78, 5) is 5.12. The van der Waals surface area contributed by atoms with Crippen LogP contribution in [0.4, 0.5) is 0 Å². The van der Waals surface area contributed by atoms with Gasteiger partial charge in [0, 0.05) is 37.6 Å². The number of aromatic nitrogens is 4. The first-order chi connectivity index (χ1) is 14.6. The van der Waals surface area contributed by atoms with Crippen LogP contribution in [0.1, 0.15) is 12.8 Å². The van der Waals surface area contributed by atoms with Crippen molar-refractivity contribution in [2.75, 3.05) is 13.1 Å². The molecular formula is C22H23N5O2S. The predicted molar refractivity (Wildman–Crippen MR) is 115 cm³/mol. The molecule has 1 saturated heterocycles. The molecule has 0 bridgehead atoms. The van der Waals surface area contributed by atoms with Gasteiger partial charge in [0.25, 0.3) is 0 Å². The maximum Gasteiger partial charge on any atom is 0.243 e. The van der Waals surface area contributed by atoms with Crippen molar-refractivity contribution in [1.29, 1.82) is 0 Å². The normalized spacial score (nSPS) is 16.3. The minimum Gasteiger partial charge on any atom is -0.346 e. The number of hydrogen-bond donors (Lipinski definition) is 1. The fraction of sp³-hybridized carbons (Fsp3) is 0.273. The van der Waals surface area contributed by atoms with E-state index in [1.165, 1.54) is 0 Å². The van der Waals surface area contributed by atoms with Crippen LogP contribution in [0.2, 0.25) is 0 Å². The number of piperidine rings is 1. The topological polar surface area (TPSA) is 83.9 Å². The molecule has 3 aromatic heterocycles. The van der Waals surface area contributed by atoms with E-state index in [4.69, 9.17) is 4.98 Å². The van der Waals surface area contributed by atoms with Gasteiger partial charge in [0.05, 0.1) is 27.8 Å². The van der Waals surface area contributed by atoms with Crippen molar-refractivity contribution >= 4 is 21.1 Å². The summed E-state index contributed by atoms with van der Waals surface area (Å²) >= 11 is 0. The Bertz CT molecular complexity index is 1240. The van der Waals surface area contributed by atoms with Crippen LogP contribution in [0, 0.1) is 5.92 Å². The van der Waals surface area contributed by atoms with Gasteiger partial charge in [-0.2, -0.15) is 9.40 Å². The monoisotopic (exact) mass is 421 g/mol. The van der Waals surface area contributed by atoms with Crippen LogP contribution in [0.25, 0.3) is 22.3 Å².